The first kappa shape index (κ1) is 15.1. The van der Waals surface area contributed by atoms with E-state index in [1.165, 1.54) is 18.4 Å². The molecule has 0 radical (unpaired) electrons. The van der Waals surface area contributed by atoms with Crippen molar-refractivity contribution >= 4 is 0 Å². The summed E-state index contributed by atoms with van der Waals surface area (Å²) in [4.78, 5) is 0. The minimum Gasteiger partial charge on any atom is -0.493 e. The van der Waals surface area contributed by atoms with Gasteiger partial charge in [-0.1, -0.05) is 18.9 Å². The highest BCUT2D eigenvalue weighted by Crippen LogP contribution is 2.28. The molecule has 112 valence electrons. The summed E-state index contributed by atoms with van der Waals surface area (Å²) < 4.78 is 16.5. The Hall–Kier alpha value is -1.26. The molecule has 0 heterocycles. The molecule has 20 heavy (non-hydrogen) atoms. The van der Waals surface area contributed by atoms with Gasteiger partial charge in [0, 0.05) is 6.04 Å². The van der Waals surface area contributed by atoms with E-state index in [1.807, 2.05) is 18.2 Å². The zero-order valence-electron chi connectivity index (χ0n) is 12.4. The summed E-state index contributed by atoms with van der Waals surface area (Å²) in [5.41, 5.74) is 7.27. The highest BCUT2D eigenvalue weighted by atomic mass is 16.5. The molecule has 0 aliphatic heterocycles. The smallest absolute Gasteiger partial charge is 0.160 e. The quantitative estimate of drug-likeness (QED) is 0.869. The lowest BCUT2D eigenvalue weighted by Gasteiger charge is -2.28. The van der Waals surface area contributed by atoms with Crippen molar-refractivity contribution in [2.45, 2.75) is 44.2 Å². The molecule has 0 saturated heterocycles. The van der Waals surface area contributed by atoms with Crippen LogP contribution < -0.4 is 15.2 Å². The second kappa shape index (κ2) is 7.50. The first-order valence-corrected chi connectivity index (χ1v) is 7.32. The molecule has 0 spiro atoms. The Morgan fingerprint density at radius 2 is 1.85 bits per heavy atom. The Morgan fingerprint density at radius 3 is 2.55 bits per heavy atom. The van der Waals surface area contributed by atoms with E-state index in [-0.39, 0.29) is 12.1 Å². The van der Waals surface area contributed by atoms with Crippen LogP contribution in [0, 0.1) is 0 Å². The molecule has 0 bridgehead atoms. The summed E-state index contributed by atoms with van der Waals surface area (Å²) in [5, 5.41) is 0. The van der Waals surface area contributed by atoms with E-state index in [0.717, 1.165) is 30.8 Å². The number of rotatable bonds is 6. The van der Waals surface area contributed by atoms with Gasteiger partial charge >= 0.3 is 0 Å². The third-order valence-corrected chi connectivity index (χ3v) is 3.92. The van der Waals surface area contributed by atoms with Gasteiger partial charge in [0.25, 0.3) is 0 Å². The number of hydrogen-bond acceptors (Lipinski definition) is 4. The van der Waals surface area contributed by atoms with E-state index in [2.05, 4.69) is 0 Å². The summed E-state index contributed by atoms with van der Waals surface area (Å²) >= 11 is 0. The number of hydrogen-bond donors (Lipinski definition) is 1. The highest BCUT2D eigenvalue weighted by molar-refractivity contribution is 5.42. The lowest BCUT2D eigenvalue weighted by molar-refractivity contribution is 0.0168. The van der Waals surface area contributed by atoms with Gasteiger partial charge < -0.3 is 19.9 Å². The molecular formula is C16H25NO3. The summed E-state index contributed by atoms with van der Waals surface area (Å²) in [6.45, 7) is 0.702. The van der Waals surface area contributed by atoms with Crippen LogP contribution >= 0.6 is 0 Å². The molecule has 1 fully saturated rings. The molecule has 1 unspecified atom stereocenters. The van der Waals surface area contributed by atoms with Crippen molar-refractivity contribution in [3.05, 3.63) is 23.8 Å². The topological polar surface area (TPSA) is 53.7 Å². The van der Waals surface area contributed by atoms with Crippen molar-refractivity contribution < 1.29 is 14.2 Å². The average molecular weight is 279 g/mol. The van der Waals surface area contributed by atoms with Gasteiger partial charge in [0.1, 0.15) is 0 Å². The maximum absolute atomic E-state index is 6.08. The Kier molecular flexibility index (Phi) is 5.68. The van der Waals surface area contributed by atoms with E-state index in [4.69, 9.17) is 19.9 Å². The third-order valence-electron chi connectivity index (χ3n) is 3.92. The van der Waals surface area contributed by atoms with Crippen LogP contribution in [-0.4, -0.2) is 33.0 Å². The van der Waals surface area contributed by atoms with Crippen LogP contribution in [0.2, 0.25) is 0 Å². The third kappa shape index (κ3) is 3.87. The minimum atomic E-state index is 0.203. The van der Waals surface area contributed by atoms with Gasteiger partial charge in [-0.25, -0.2) is 0 Å². The number of benzene rings is 1. The number of methoxy groups -OCH3 is 2. The maximum atomic E-state index is 6.08. The molecule has 4 nitrogen and oxygen atoms in total. The number of ether oxygens (including phenoxy) is 3. The second-order valence-corrected chi connectivity index (χ2v) is 5.30. The number of nitrogens with two attached hydrogens (primary N) is 1. The molecular weight excluding hydrogens is 254 g/mol. The van der Waals surface area contributed by atoms with Gasteiger partial charge in [0.2, 0.25) is 0 Å². The van der Waals surface area contributed by atoms with Crippen LogP contribution in [0.5, 0.6) is 11.5 Å². The lowest BCUT2D eigenvalue weighted by atomic mass is 9.93. The molecule has 1 aliphatic rings. The lowest BCUT2D eigenvalue weighted by Crippen LogP contribution is -2.39. The van der Waals surface area contributed by atoms with Crippen molar-refractivity contribution in [2.75, 3.05) is 20.8 Å². The highest BCUT2D eigenvalue weighted by Gasteiger charge is 2.21. The average Bonchev–Trinajstić information content (AvgIpc) is 2.49. The predicted octanol–water partition coefficient (Wildman–Crippen LogP) is 2.53. The molecule has 2 N–H and O–H groups in total. The van der Waals surface area contributed by atoms with Gasteiger partial charge in [-0.2, -0.15) is 0 Å². The molecule has 0 amide bonds. The zero-order valence-corrected chi connectivity index (χ0v) is 12.4. The van der Waals surface area contributed by atoms with Crippen molar-refractivity contribution in [3.63, 3.8) is 0 Å². The summed E-state index contributed by atoms with van der Waals surface area (Å²) in [6, 6.07) is 6.18. The van der Waals surface area contributed by atoms with Crippen LogP contribution in [0.15, 0.2) is 18.2 Å². The van der Waals surface area contributed by atoms with E-state index in [1.54, 1.807) is 14.2 Å². The van der Waals surface area contributed by atoms with Crippen molar-refractivity contribution in [2.24, 2.45) is 5.73 Å². The fraction of sp³-hybridized carbons (Fsp3) is 0.625. The predicted molar refractivity (Wildman–Crippen MR) is 79.4 cm³/mol. The standard InChI is InChI=1S/C16H25NO3/c1-18-15-8-7-12(11-16(15)19-2)9-10-20-14-6-4-3-5-13(14)17/h7-8,11,13-14H,3-6,9-10,17H2,1-2H3/t13?,14-/m0/s1. The van der Waals surface area contributed by atoms with Gasteiger partial charge in [-0.3, -0.25) is 0 Å². The zero-order chi connectivity index (χ0) is 14.4. The van der Waals surface area contributed by atoms with Crippen LogP contribution in [0.25, 0.3) is 0 Å². The van der Waals surface area contributed by atoms with Crippen LogP contribution in [0.1, 0.15) is 31.2 Å². The first-order chi connectivity index (χ1) is 9.74. The summed E-state index contributed by atoms with van der Waals surface area (Å²) in [7, 11) is 3.30. The molecule has 2 rings (SSSR count). The summed E-state index contributed by atoms with van der Waals surface area (Å²) in [6.07, 6.45) is 5.73. The van der Waals surface area contributed by atoms with Gasteiger partial charge in [-0.15, -0.1) is 0 Å². The molecule has 1 aliphatic carbocycles. The van der Waals surface area contributed by atoms with Gasteiger partial charge in [0.05, 0.1) is 26.9 Å². The largest absolute Gasteiger partial charge is 0.493 e. The monoisotopic (exact) mass is 279 g/mol. The molecule has 1 aromatic rings. The Bertz CT molecular complexity index is 422. The minimum absolute atomic E-state index is 0.203. The fourth-order valence-electron chi connectivity index (χ4n) is 2.70. The molecule has 4 heteroatoms. The van der Waals surface area contributed by atoms with Crippen LogP contribution in [0.4, 0.5) is 0 Å². The van der Waals surface area contributed by atoms with Crippen LogP contribution in [0.3, 0.4) is 0 Å². The Morgan fingerprint density at radius 1 is 1.10 bits per heavy atom. The van der Waals surface area contributed by atoms with E-state index in [0.29, 0.717) is 6.61 Å². The van der Waals surface area contributed by atoms with E-state index in [9.17, 15) is 0 Å². The molecule has 0 aromatic heterocycles. The van der Waals surface area contributed by atoms with Crippen molar-refractivity contribution in [1.82, 2.24) is 0 Å². The second-order valence-electron chi connectivity index (χ2n) is 5.30. The SMILES string of the molecule is COc1ccc(CCO[C@H]2CCCCC2N)cc1OC. The maximum Gasteiger partial charge on any atom is 0.160 e. The van der Waals surface area contributed by atoms with E-state index < -0.39 is 0 Å². The summed E-state index contributed by atoms with van der Waals surface area (Å²) in [5.74, 6) is 1.52. The molecule has 2 atom stereocenters. The van der Waals surface area contributed by atoms with Gasteiger partial charge in [-0.05, 0) is 37.0 Å². The first-order valence-electron chi connectivity index (χ1n) is 7.32. The van der Waals surface area contributed by atoms with Crippen LogP contribution in [-0.2, 0) is 11.2 Å². The van der Waals surface area contributed by atoms with Crippen molar-refractivity contribution in [1.29, 1.82) is 0 Å². The van der Waals surface area contributed by atoms with E-state index >= 15 is 0 Å². The van der Waals surface area contributed by atoms with Gasteiger partial charge in [0.15, 0.2) is 11.5 Å². The normalized spacial score (nSPS) is 22.6. The molecule has 1 aromatic carbocycles. The fourth-order valence-corrected chi connectivity index (χ4v) is 2.70. The van der Waals surface area contributed by atoms with Crippen molar-refractivity contribution in [3.8, 4) is 11.5 Å². The molecule has 1 saturated carbocycles. The Balaban J connectivity index is 1.84. The Labute approximate surface area is 121 Å².